The minimum atomic E-state index is -0.563. The molecule has 1 aliphatic rings. The summed E-state index contributed by atoms with van der Waals surface area (Å²) in [7, 11) is 5.25. The molecule has 3 aromatic rings. The van der Waals surface area contributed by atoms with Crippen LogP contribution in [0, 0.1) is 17.1 Å². The molecule has 0 aliphatic carbocycles. The molecule has 1 saturated heterocycles. The molecule has 6 nitrogen and oxygen atoms in total. The van der Waals surface area contributed by atoms with Gasteiger partial charge in [-0.25, -0.2) is 4.39 Å². The summed E-state index contributed by atoms with van der Waals surface area (Å²) in [6, 6.07) is 17.6. The Bertz CT molecular complexity index is 1220. The summed E-state index contributed by atoms with van der Waals surface area (Å²) in [5.74, 6) is 0.0417. The third-order valence-corrected chi connectivity index (χ3v) is 6.64. The predicted octanol–water partition coefficient (Wildman–Crippen LogP) is 3.85. The fourth-order valence-corrected chi connectivity index (χ4v) is 4.80. The number of benzene rings is 3. The fraction of sp³-hybridized carbons (Fsp3) is 0.333. The molecule has 0 aromatic heterocycles. The van der Waals surface area contributed by atoms with Crippen LogP contribution in [0.15, 0.2) is 54.6 Å². The summed E-state index contributed by atoms with van der Waals surface area (Å²) in [6.45, 7) is 1.97. The Morgan fingerprint density at radius 1 is 1.24 bits per heavy atom. The SMILES string of the molecule is COc1c(C#N)cc2ccccc2c1CN(C)C(=O)C(c1ccc(F)cc1)N(C)C1CCNC1. The van der Waals surface area contributed by atoms with Crippen molar-refractivity contribution in [2.75, 3.05) is 34.3 Å². The average molecular weight is 461 g/mol. The van der Waals surface area contributed by atoms with Crippen molar-refractivity contribution in [1.82, 2.24) is 15.1 Å². The Balaban J connectivity index is 1.71. The maximum atomic E-state index is 13.9. The minimum Gasteiger partial charge on any atom is -0.495 e. The third-order valence-electron chi connectivity index (χ3n) is 6.64. The summed E-state index contributed by atoms with van der Waals surface area (Å²) < 4.78 is 19.3. The van der Waals surface area contributed by atoms with Crippen LogP contribution in [0.5, 0.6) is 5.75 Å². The molecule has 176 valence electrons. The fourth-order valence-electron chi connectivity index (χ4n) is 4.80. The lowest BCUT2D eigenvalue weighted by Gasteiger charge is -2.35. The zero-order chi connectivity index (χ0) is 24.2. The Kier molecular flexibility index (Phi) is 7.11. The van der Waals surface area contributed by atoms with Gasteiger partial charge in [0, 0.05) is 31.7 Å². The van der Waals surface area contributed by atoms with Crippen molar-refractivity contribution in [1.29, 1.82) is 5.26 Å². The Hall–Kier alpha value is -3.47. The molecule has 1 heterocycles. The van der Waals surface area contributed by atoms with Gasteiger partial charge >= 0.3 is 0 Å². The van der Waals surface area contributed by atoms with Gasteiger partial charge in [0.2, 0.25) is 5.91 Å². The molecule has 0 radical (unpaired) electrons. The molecule has 34 heavy (non-hydrogen) atoms. The first-order valence-corrected chi connectivity index (χ1v) is 11.4. The quantitative estimate of drug-likeness (QED) is 0.580. The van der Waals surface area contributed by atoms with Crippen molar-refractivity contribution in [3.8, 4) is 11.8 Å². The normalized spacial score (nSPS) is 16.4. The van der Waals surface area contributed by atoms with Gasteiger partial charge in [0.05, 0.1) is 12.7 Å². The van der Waals surface area contributed by atoms with Crippen molar-refractivity contribution < 1.29 is 13.9 Å². The highest BCUT2D eigenvalue weighted by molar-refractivity contribution is 5.91. The second-order valence-corrected chi connectivity index (χ2v) is 8.73. The van der Waals surface area contributed by atoms with Crippen molar-refractivity contribution in [3.63, 3.8) is 0 Å². The minimum absolute atomic E-state index is 0.102. The van der Waals surface area contributed by atoms with E-state index in [-0.39, 0.29) is 24.3 Å². The van der Waals surface area contributed by atoms with Crippen LogP contribution in [-0.2, 0) is 11.3 Å². The average Bonchev–Trinajstić information content (AvgIpc) is 3.40. The lowest BCUT2D eigenvalue weighted by atomic mass is 9.98. The number of hydrogen-bond donors (Lipinski definition) is 1. The first-order chi connectivity index (χ1) is 16.4. The lowest BCUT2D eigenvalue weighted by molar-refractivity contribution is -0.136. The number of ether oxygens (including phenoxy) is 1. The zero-order valence-corrected chi connectivity index (χ0v) is 19.7. The van der Waals surface area contributed by atoms with Crippen LogP contribution in [0.3, 0.4) is 0 Å². The second kappa shape index (κ2) is 10.2. The van der Waals surface area contributed by atoms with E-state index in [9.17, 15) is 14.4 Å². The van der Waals surface area contributed by atoms with Gasteiger partial charge in [-0.3, -0.25) is 9.69 Å². The van der Waals surface area contributed by atoms with E-state index in [1.54, 1.807) is 31.2 Å². The van der Waals surface area contributed by atoms with Crippen LogP contribution in [0.2, 0.25) is 0 Å². The van der Waals surface area contributed by atoms with E-state index in [0.717, 1.165) is 41.4 Å². The number of nitrogens with one attached hydrogen (secondary N) is 1. The van der Waals surface area contributed by atoms with Crippen LogP contribution in [0.4, 0.5) is 4.39 Å². The molecule has 1 N–H and O–H groups in total. The van der Waals surface area contributed by atoms with Gasteiger partial charge in [-0.1, -0.05) is 36.4 Å². The summed E-state index contributed by atoms with van der Waals surface area (Å²) in [5, 5.41) is 14.9. The van der Waals surface area contributed by atoms with Crippen molar-refractivity contribution >= 4 is 16.7 Å². The molecule has 2 atom stereocenters. The van der Waals surface area contributed by atoms with Crippen LogP contribution in [-0.4, -0.2) is 56.0 Å². The molecular weight excluding hydrogens is 431 g/mol. The van der Waals surface area contributed by atoms with E-state index >= 15 is 0 Å². The molecule has 4 rings (SSSR count). The summed E-state index contributed by atoms with van der Waals surface area (Å²) >= 11 is 0. The van der Waals surface area contributed by atoms with Crippen LogP contribution in [0.1, 0.15) is 29.2 Å². The predicted molar refractivity (Wildman–Crippen MR) is 130 cm³/mol. The lowest BCUT2D eigenvalue weighted by Crippen LogP contribution is -2.44. The number of fused-ring (bicyclic) bond motifs is 1. The molecule has 0 spiro atoms. The molecule has 2 unspecified atom stereocenters. The summed E-state index contributed by atoms with van der Waals surface area (Å²) in [5.41, 5.74) is 1.97. The second-order valence-electron chi connectivity index (χ2n) is 8.73. The maximum Gasteiger partial charge on any atom is 0.244 e. The number of carbonyl (C=O) groups is 1. The zero-order valence-electron chi connectivity index (χ0n) is 19.7. The van der Waals surface area contributed by atoms with Gasteiger partial charge in [0.25, 0.3) is 0 Å². The molecule has 7 heteroatoms. The van der Waals surface area contributed by atoms with Gasteiger partial charge < -0.3 is 15.0 Å². The molecule has 1 aliphatic heterocycles. The van der Waals surface area contributed by atoms with Gasteiger partial charge in [0.15, 0.2) is 0 Å². The highest BCUT2D eigenvalue weighted by Crippen LogP contribution is 2.34. The Labute approximate surface area is 199 Å². The maximum absolute atomic E-state index is 13.9. The van der Waals surface area contributed by atoms with Crippen molar-refractivity contribution in [3.05, 3.63) is 77.1 Å². The molecule has 0 bridgehead atoms. The molecule has 0 saturated carbocycles. The highest BCUT2D eigenvalue weighted by Gasteiger charge is 2.34. The van der Waals surface area contributed by atoms with Crippen LogP contribution >= 0.6 is 0 Å². The molecule has 1 amide bonds. The van der Waals surface area contributed by atoms with E-state index in [1.807, 2.05) is 37.4 Å². The molecule has 1 fully saturated rings. The smallest absolute Gasteiger partial charge is 0.244 e. The molecular formula is C27H29FN4O2. The van der Waals surface area contributed by atoms with E-state index in [1.165, 1.54) is 12.1 Å². The number of amides is 1. The highest BCUT2D eigenvalue weighted by atomic mass is 19.1. The van der Waals surface area contributed by atoms with E-state index in [0.29, 0.717) is 11.3 Å². The van der Waals surface area contributed by atoms with Crippen LogP contribution < -0.4 is 10.1 Å². The largest absolute Gasteiger partial charge is 0.495 e. The third kappa shape index (κ3) is 4.60. The van der Waals surface area contributed by atoms with E-state index in [2.05, 4.69) is 16.3 Å². The van der Waals surface area contributed by atoms with Crippen molar-refractivity contribution in [2.24, 2.45) is 0 Å². The van der Waals surface area contributed by atoms with Gasteiger partial charge in [-0.05, 0) is 54.5 Å². The summed E-state index contributed by atoms with van der Waals surface area (Å²) in [4.78, 5) is 17.6. The topological polar surface area (TPSA) is 68.6 Å². The van der Waals surface area contributed by atoms with Crippen LogP contribution in [0.25, 0.3) is 10.8 Å². The molecule has 3 aromatic carbocycles. The Morgan fingerprint density at radius 2 is 1.97 bits per heavy atom. The first kappa shape index (κ1) is 23.7. The number of rotatable bonds is 7. The summed E-state index contributed by atoms with van der Waals surface area (Å²) in [6.07, 6.45) is 0.938. The number of hydrogen-bond acceptors (Lipinski definition) is 5. The first-order valence-electron chi connectivity index (χ1n) is 11.4. The number of halogens is 1. The van der Waals surface area contributed by atoms with Gasteiger partial charge in [-0.15, -0.1) is 0 Å². The number of methoxy groups -OCH3 is 1. The van der Waals surface area contributed by atoms with Crippen molar-refractivity contribution in [2.45, 2.75) is 25.0 Å². The van der Waals surface area contributed by atoms with E-state index in [4.69, 9.17) is 4.74 Å². The van der Waals surface area contributed by atoms with Gasteiger partial charge in [-0.2, -0.15) is 5.26 Å². The monoisotopic (exact) mass is 460 g/mol. The number of likely N-dealkylation sites (N-methyl/N-ethyl adjacent to an activating group) is 2. The van der Waals surface area contributed by atoms with Gasteiger partial charge in [0.1, 0.15) is 23.7 Å². The number of carbonyl (C=O) groups excluding carboxylic acids is 1. The number of nitriles is 1. The Morgan fingerprint density at radius 3 is 2.62 bits per heavy atom. The van der Waals surface area contributed by atoms with E-state index < -0.39 is 6.04 Å². The number of nitrogens with zero attached hydrogens (tertiary/aromatic N) is 3. The standard InChI is InChI=1S/C27H29FN4O2/c1-31(17-24-23-7-5-4-6-19(23)14-20(15-29)26(24)34-3)27(33)25(18-8-10-21(28)11-9-18)32(2)22-12-13-30-16-22/h4-11,14,22,25,30H,12-13,16-17H2,1-3H3.